The Hall–Kier alpha value is -1.75. The van der Waals surface area contributed by atoms with Crippen LogP contribution in [0.1, 0.15) is 24.8 Å². The van der Waals surface area contributed by atoms with E-state index in [4.69, 9.17) is 27.9 Å². The highest BCUT2D eigenvalue weighted by atomic mass is 35.5. The molecule has 0 unspecified atom stereocenters. The van der Waals surface area contributed by atoms with Crippen LogP contribution in [-0.2, 0) is 26.1 Å². The van der Waals surface area contributed by atoms with Gasteiger partial charge in [0, 0.05) is 6.54 Å². The van der Waals surface area contributed by atoms with Crippen LogP contribution in [0, 0.1) is 5.82 Å². The van der Waals surface area contributed by atoms with Crippen molar-refractivity contribution in [1.82, 2.24) is 10.0 Å². The zero-order valence-corrected chi connectivity index (χ0v) is 19.3. The van der Waals surface area contributed by atoms with Crippen molar-refractivity contribution in [3.05, 3.63) is 63.9 Å². The van der Waals surface area contributed by atoms with Gasteiger partial charge in [0.05, 0.1) is 46.2 Å². The average molecular weight is 505 g/mol. The number of hydrogen-bond acceptors (Lipinski definition) is 5. The topological polar surface area (TPSA) is 105 Å². The summed E-state index contributed by atoms with van der Waals surface area (Å²) in [5, 5.41) is 13.3. The molecule has 7 nitrogen and oxygen atoms in total. The largest absolute Gasteiger partial charge is 0.394 e. The Kier molecular flexibility index (Phi) is 8.49. The molecule has 0 saturated carbocycles. The summed E-state index contributed by atoms with van der Waals surface area (Å²) >= 11 is 11.8. The average Bonchev–Trinajstić information content (AvgIpc) is 2.75. The maximum atomic E-state index is 13.1. The van der Waals surface area contributed by atoms with Crippen LogP contribution < -0.4 is 10.0 Å². The van der Waals surface area contributed by atoms with Gasteiger partial charge in [-0.1, -0.05) is 29.3 Å². The molecule has 0 radical (unpaired) electrons. The SMILES string of the molecule is O=C(C[C@@H]1CC[C@@H](NS(=O)(=O)c2ccc(F)cc2)[C@H](CO)O1)NCc1ccc(Cl)c(Cl)c1. The summed E-state index contributed by atoms with van der Waals surface area (Å²) in [6.45, 7) is -0.149. The number of nitrogens with one attached hydrogen (secondary N) is 2. The third-order valence-electron chi connectivity index (χ3n) is 5.11. The van der Waals surface area contributed by atoms with Gasteiger partial charge in [-0.05, 0) is 54.8 Å². The molecular weight excluding hydrogens is 482 g/mol. The van der Waals surface area contributed by atoms with Gasteiger partial charge in [-0.25, -0.2) is 17.5 Å². The van der Waals surface area contributed by atoms with E-state index in [0.717, 1.165) is 29.8 Å². The highest BCUT2D eigenvalue weighted by Gasteiger charge is 2.34. The van der Waals surface area contributed by atoms with E-state index in [9.17, 15) is 22.7 Å². The molecule has 0 aliphatic carbocycles. The summed E-state index contributed by atoms with van der Waals surface area (Å²) in [7, 11) is -3.91. The van der Waals surface area contributed by atoms with E-state index < -0.39 is 40.7 Å². The van der Waals surface area contributed by atoms with Gasteiger partial charge < -0.3 is 15.2 Å². The molecule has 1 saturated heterocycles. The molecule has 1 heterocycles. The van der Waals surface area contributed by atoms with Crippen LogP contribution in [0.4, 0.5) is 4.39 Å². The summed E-state index contributed by atoms with van der Waals surface area (Å²) in [4.78, 5) is 12.2. The summed E-state index contributed by atoms with van der Waals surface area (Å²) < 4.78 is 46.4. The minimum atomic E-state index is -3.91. The lowest BCUT2D eigenvalue weighted by Gasteiger charge is -2.35. The Morgan fingerprint density at radius 3 is 2.50 bits per heavy atom. The van der Waals surface area contributed by atoms with Crippen molar-refractivity contribution < 1.29 is 27.4 Å². The van der Waals surface area contributed by atoms with Crippen LogP contribution in [0.15, 0.2) is 47.4 Å². The molecule has 0 bridgehead atoms. The predicted octanol–water partition coefficient (Wildman–Crippen LogP) is 3.03. The number of sulfonamides is 1. The normalized spacial score (nSPS) is 21.3. The van der Waals surface area contributed by atoms with Crippen LogP contribution >= 0.6 is 23.2 Å². The van der Waals surface area contributed by atoms with Crippen molar-refractivity contribution in [3.8, 4) is 0 Å². The molecule has 1 amide bonds. The van der Waals surface area contributed by atoms with Crippen LogP contribution in [0.25, 0.3) is 0 Å². The third-order valence-corrected chi connectivity index (χ3v) is 7.36. The number of ether oxygens (including phenoxy) is 1. The summed E-state index contributed by atoms with van der Waals surface area (Å²) in [5.41, 5.74) is 0.792. The Labute approximate surface area is 195 Å². The Balaban J connectivity index is 1.52. The molecule has 11 heteroatoms. The van der Waals surface area contributed by atoms with Crippen LogP contribution in [0.3, 0.4) is 0 Å². The van der Waals surface area contributed by atoms with E-state index >= 15 is 0 Å². The number of halogens is 3. The fourth-order valence-corrected chi connectivity index (χ4v) is 5.05. The molecular formula is C21H23Cl2FN2O5S. The maximum absolute atomic E-state index is 13.1. The van der Waals surface area contributed by atoms with Gasteiger partial charge in [-0.3, -0.25) is 4.79 Å². The number of aliphatic hydroxyl groups excluding tert-OH is 1. The second-order valence-electron chi connectivity index (χ2n) is 7.47. The van der Waals surface area contributed by atoms with Crippen LogP contribution in [0.5, 0.6) is 0 Å². The zero-order chi connectivity index (χ0) is 23.3. The lowest BCUT2D eigenvalue weighted by molar-refractivity contribution is -0.130. The van der Waals surface area contributed by atoms with E-state index in [1.807, 2.05) is 0 Å². The summed E-state index contributed by atoms with van der Waals surface area (Å²) in [6.07, 6.45) is -0.418. The van der Waals surface area contributed by atoms with Gasteiger partial charge in [0.2, 0.25) is 15.9 Å². The van der Waals surface area contributed by atoms with Crippen molar-refractivity contribution >= 4 is 39.1 Å². The van der Waals surface area contributed by atoms with Crippen LogP contribution in [0.2, 0.25) is 10.0 Å². The lowest BCUT2D eigenvalue weighted by atomic mass is 9.98. The molecule has 0 spiro atoms. The number of carbonyl (C=O) groups excluding carboxylic acids is 1. The molecule has 1 fully saturated rings. The first-order valence-electron chi connectivity index (χ1n) is 9.93. The molecule has 3 rings (SSSR count). The third kappa shape index (κ3) is 6.63. The van der Waals surface area contributed by atoms with E-state index in [2.05, 4.69) is 10.0 Å². The minimum absolute atomic E-state index is 0.0647. The second kappa shape index (κ2) is 10.9. The predicted molar refractivity (Wildman–Crippen MR) is 118 cm³/mol. The van der Waals surface area contributed by atoms with Gasteiger partial charge in [0.1, 0.15) is 5.82 Å². The Morgan fingerprint density at radius 2 is 1.84 bits per heavy atom. The first-order valence-corrected chi connectivity index (χ1v) is 12.2. The summed E-state index contributed by atoms with van der Waals surface area (Å²) in [5.74, 6) is -0.790. The highest BCUT2D eigenvalue weighted by molar-refractivity contribution is 7.89. The van der Waals surface area contributed by atoms with Gasteiger partial charge in [-0.2, -0.15) is 0 Å². The molecule has 2 aromatic rings. The van der Waals surface area contributed by atoms with E-state index in [0.29, 0.717) is 22.9 Å². The highest BCUT2D eigenvalue weighted by Crippen LogP contribution is 2.24. The standard InChI is InChI=1S/C21H23Cl2FN2O5S/c22-17-7-1-13(9-18(17)23)11-25-21(28)10-15-4-8-19(20(12-27)31-15)26-32(29,30)16-5-2-14(24)3-6-16/h1-3,5-7,9,15,19-20,26-27H,4,8,10-12H2,(H,25,28)/t15-,19+,20-/m0/s1. The molecule has 174 valence electrons. The molecule has 1 aliphatic rings. The van der Waals surface area contributed by atoms with E-state index in [-0.39, 0.29) is 23.8 Å². The molecule has 3 atom stereocenters. The summed E-state index contributed by atoms with van der Waals surface area (Å²) in [6, 6.07) is 8.84. The van der Waals surface area contributed by atoms with Gasteiger partial charge in [0.25, 0.3) is 0 Å². The Bertz CT molecular complexity index is 1050. The first-order chi connectivity index (χ1) is 15.2. The molecule has 32 heavy (non-hydrogen) atoms. The minimum Gasteiger partial charge on any atom is -0.394 e. The van der Waals surface area contributed by atoms with E-state index in [1.54, 1.807) is 18.2 Å². The quantitative estimate of drug-likeness (QED) is 0.512. The van der Waals surface area contributed by atoms with Crippen molar-refractivity contribution in [1.29, 1.82) is 0 Å². The number of rotatable bonds is 8. The van der Waals surface area contributed by atoms with Crippen molar-refractivity contribution in [3.63, 3.8) is 0 Å². The van der Waals surface area contributed by atoms with Crippen molar-refractivity contribution in [2.75, 3.05) is 6.61 Å². The number of carbonyl (C=O) groups is 1. The van der Waals surface area contributed by atoms with Crippen molar-refractivity contribution in [2.45, 2.75) is 49.0 Å². The Morgan fingerprint density at radius 1 is 1.12 bits per heavy atom. The molecule has 1 aliphatic heterocycles. The second-order valence-corrected chi connectivity index (χ2v) is 10.00. The van der Waals surface area contributed by atoms with Gasteiger partial charge in [-0.15, -0.1) is 0 Å². The number of aliphatic hydroxyl groups is 1. The smallest absolute Gasteiger partial charge is 0.240 e. The monoisotopic (exact) mass is 504 g/mol. The number of benzene rings is 2. The fourth-order valence-electron chi connectivity index (χ4n) is 3.43. The molecule has 0 aromatic heterocycles. The number of amides is 1. The van der Waals surface area contributed by atoms with Gasteiger partial charge in [0.15, 0.2) is 0 Å². The maximum Gasteiger partial charge on any atom is 0.240 e. The zero-order valence-electron chi connectivity index (χ0n) is 16.9. The van der Waals surface area contributed by atoms with Crippen LogP contribution in [-0.4, -0.2) is 44.3 Å². The fraction of sp³-hybridized carbons (Fsp3) is 0.381. The van der Waals surface area contributed by atoms with Gasteiger partial charge >= 0.3 is 0 Å². The first kappa shape index (κ1) is 24.9. The number of hydrogen-bond donors (Lipinski definition) is 3. The lowest BCUT2D eigenvalue weighted by Crippen LogP contribution is -2.51. The van der Waals surface area contributed by atoms with Crippen molar-refractivity contribution in [2.24, 2.45) is 0 Å². The molecule has 3 N–H and O–H groups in total. The molecule has 2 aromatic carbocycles. The van der Waals surface area contributed by atoms with E-state index in [1.165, 1.54) is 0 Å².